The molecule has 0 aliphatic heterocycles. The Labute approximate surface area is 104 Å². The highest BCUT2D eigenvalue weighted by molar-refractivity contribution is 5.87. The maximum Gasteiger partial charge on any atom is 0.345 e. The van der Waals surface area contributed by atoms with Crippen molar-refractivity contribution in [2.45, 2.75) is 12.6 Å². The van der Waals surface area contributed by atoms with Crippen LogP contribution in [-0.4, -0.2) is 18.2 Å². The number of halogens is 1. The van der Waals surface area contributed by atoms with Crippen LogP contribution in [0.2, 0.25) is 0 Å². The van der Waals surface area contributed by atoms with Crippen molar-refractivity contribution >= 4 is 16.7 Å². The minimum absolute atomic E-state index is 0.132. The normalized spacial score (nSPS) is 14.2. The Morgan fingerprint density at radius 2 is 1.83 bits per heavy atom. The van der Waals surface area contributed by atoms with E-state index in [9.17, 15) is 9.18 Å². The van der Waals surface area contributed by atoms with Crippen LogP contribution < -0.4 is 4.74 Å². The van der Waals surface area contributed by atoms with Crippen LogP contribution in [0.5, 0.6) is 5.75 Å². The molecule has 0 spiro atoms. The van der Waals surface area contributed by atoms with Gasteiger partial charge in [-0.25, -0.2) is 9.18 Å². The molecule has 0 fully saturated rings. The van der Waals surface area contributed by atoms with Gasteiger partial charge in [-0.3, -0.25) is 0 Å². The van der Waals surface area contributed by atoms with Gasteiger partial charge in [-0.1, -0.05) is 18.2 Å². The predicted molar refractivity (Wildman–Crippen MR) is 66.6 cm³/mol. The number of methoxy groups -OCH3 is 1. The zero-order chi connectivity index (χ0) is 13.3. The number of rotatable bonds is 3. The quantitative estimate of drug-likeness (QED) is 0.907. The van der Waals surface area contributed by atoms with Gasteiger partial charge < -0.3 is 9.84 Å². The lowest BCUT2D eigenvalue weighted by atomic mass is 9.95. The summed E-state index contributed by atoms with van der Waals surface area (Å²) in [7, 11) is 1.57. The lowest BCUT2D eigenvalue weighted by Gasteiger charge is -2.16. The summed E-state index contributed by atoms with van der Waals surface area (Å²) in [4.78, 5) is 10.9. The number of benzene rings is 2. The smallest absolute Gasteiger partial charge is 0.345 e. The summed E-state index contributed by atoms with van der Waals surface area (Å²) in [6.07, 6.45) is 0. The van der Waals surface area contributed by atoms with Crippen molar-refractivity contribution in [1.29, 1.82) is 0 Å². The first-order valence-electron chi connectivity index (χ1n) is 5.46. The molecular formula is C14H13FO3. The number of alkyl halides is 1. The first kappa shape index (κ1) is 12.4. The molecule has 0 radical (unpaired) electrons. The largest absolute Gasteiger partial charge is 0.497 e. The van der Waals surface area contributed by atoms with Gasteiger partial charge in [-0.2, -0.15) is 0 Å². The van der Waals surface area contributed by atoms with Crippen LogP contribution in [-0.2, 0) is 10.5 Å². The third-order valence-corrected chi connectivity index (χ3v) is 2.99. The molecule has 2 aromatic carbocycles. The van der Waals surface area contributed by atoms with E-state index >= 15 is 0 Å². The van der Waals surface area contributed by atoms with E-state index in [4.69, 9.17) is 9.84 Å². The zero-order valence-corrected chi connectivity index (χ0v) is 10.1. The first-order valence-corrected chi connectivity index (χ1v) is 5.46. The average molecular weight is 248 g/mol. The van der Waals surface area contributed by atoms with Gasteiger partial charge >= 0.3 is 5.97 Å². The van der Waals surface area contributed by atoms with E-state index in [1.54, 1.807) is 31.4 Å². The number of hydrogen-bond acceptors (Lipinski definition) is 2. The van der Waals surface area contributed by atoms with Crippen LogP contribution >= 0.6 is 0 Å². The topological polar surface area (TPSA) is 46.5 Å². The van der Waals surface area contributed by atoms with E-state index in [0.29, 0.717) is 5.75 Å². The molecule has 1 N–H and O–H groups in total. The molecule has 0 aromatic heterocycles. The summed E-state index contributed by atoms with van der Waals surface area (Å²) in [5, 5.41) is 10.5. The highest BCUT2D eigenvalue weighted by Gasteiger charge is 2.35. The van der Waals surface area contributed by atoms with Crippen LogP contribution in [0.15, 0.2) is 36.4 Å². The Bertz CT molecular complexity index is 605. The van der Waals surface area contributed by atoms with Gasteiger partial charge in [0, 0.05) is 5.56 Å². The number of fused-ring (bicyclic) bond motifs is 1. The number of carboxylic acid groups (broad SMARTS) is 1. The molecule has 4 heteroatoms. The van der Waals surface area contributed by atoms with Crippen molar-refractivity contribution < 1.29 is 19.0 Å². The van der Waals surface area contributed by atoms with Crippen LogP contribution in [0.4, 0.5) is 4.39 Å². The van der Waals surface area contributed by atoms with Gasteiger partial charge in [0.15, 0.2) is 0 Å². The third-order valence-electron chi connectivity index (χ3n) is 2.99. The lowest BCUT2D eigenvalue weighted by Crippen LogP contribution is -2.26. The van der Waals surface area contributed by atoms with Crippen LogP contribution in [0.25, 0.3) is 10.8 Å². The van der Waals surface area contributed by atoms with E-state index in [1.807, 2.05) is 6.07 Å². The van der Waals surface area contributed by atoms with Crippen LogP contribution in [0.1, 0.15) is 12.5 Å². The molecule has 0 aliphatic rings. The molecule has 0 saturated heterocycles. The number of carbonyl (C=O) groups is 1. The Balaban J connectivity index is 2.55. The molecule has 94 valence electrons. The molecule has 2 aromatic rings. The molecular weight excluding hydrogens is 235 g/mol. The van der Waals surface area contributed by atoms with Crippen molar-refractivity contribution in [3.63, 3.8) is 0 Å². The van der Waals surface area contributed by atoms with Crippen molar-refractivity contribution in [2.24, 2.45) is 0 Å². The molecule has 0 bridgehead atoms. The van der Waals surface area contributed by atoms with Crippen molar-refractivity contribution in [2.75, 3.05) is 7.11 Å². The Morgan fingerprint density at radius 3 is 2.44 bits per heavy atom. The standard InChI is InChI=1S/C14H13FO3/c1-14(15,13(16)17)11-5-3-10-8-12(18-2)6-4-9(10)7-11/h3-8H,1-2H3,(H,16,17)/t14-/m0/s1. The predicted octanol–water partition coefficient (Wildman–Crippen LogP) is 3.12. The summed E-state index contributed by atoms with van der Waals surface area (Å²) in [6, 6.07) is 10.1. The SMILES string of the molecule is COc1ccc2cc([C@](C)(F)C(=O)O)ccc2c1. The molecule has 18 heavy (non-hydrogen) atoms. The van der Waals surface area contributed by atoms with E-state index in [0.717, 1.165) is 17.7 Å². The fourth-order valence-electron chi connectivity index (χ4n) is 1.77. The van der Waals surface area contributed by atoms with Crippen molar-refractivity contribution in [3.8, 4) is 5.75 Å². The highest BCUT2D eigenvalue weighted by Crippen LogP contribution is 2.30. The second kappa shape index (κ2) is 4.29. The van der Waals surface area contributed by atoms with Crippen LogP contribution in [0.3, 0.4) is 0 Å². The fraction of sp³-hybridized carbons (Fsp3) is 0.214. The second-order valence-electron chi connectivity index (χ2n) is 4.24. The Kier molecular flexibility index (Phi) is 2.95. The molecule has 0 saturated carbocycles. The average Bonchev–Trinajstić information content (AvgIpc) is 2.37. The maximum absolute atomic E-state index is 14.0. The summed E-state index contributed by atoms with van der Waals surface area (Å²) < 4.78 is 19.1. The van der Waals surface area contributed by atoms with E-state index in [2.05, 4.69) is 0 Å². The monoisotopic (exact) mass is 248 g/mol. The van der Waals surface area contributed by atoms with Gasteiger partial charge in [-0.15, -0.1) is 0 Å². The van der Waals surface area contributed by atoms with Gasteiger partial charge in [-0.05, 0) is 35.9 Å². The highest BCUT2D eigenvalue weighted by atomic mass is 19.1. The summed E-state index contributed by atoms with van der Waals surface area (Å²) >= 11 is 0. The molecule has 2 rings (SSSR count). The minimum atomic E-state index is -2.38. The Hall–Kier alpha value is -2.10. The number of ether oxygens (including phenoxy) is 1. The van der Waals surface area contributed by atoms with Gasteiger partial charge in [0.05, 0.1) is 7.11 Å². The van der Waals surface area contributed by atoms with E-state index < -0.39 is 11.6 Å². The molecule has 3 nitrogen and oxygen atoms in total. The van der Waals surface area contributed by atoms with Crippen molar-refractivity contribution in [3.05, 3.63) is 42.0 Å². The van der Waals surface area contributed by atoms with Crippen LogP contribution in [0, 0.1) is 0 Å². The maximum atomic E-state index is 14.0. The fourth-order valence-corrected chi connectivity index (χ4v) is 1.77. The third kappa shape index (κ3) is 2.01. The van der Waals surface area contributed by atoms with E-state index in [1.165, 1.54) is 6.07 Å². The number of carboxylic acids is 1. The number of hydrogen-bond donors (Lipinski definition) is 1. The Morgan fingerprint density at radius 1 is 1.22 bits per heavy atom. The molecule has 0 heterocycles. The minimum Gasteiger partial charge on any atom is -0.497 e. The molecule has 0 aliphatic carbocycles. The summed E-state index contributed by atoms with van der Waals surface area (Å²) in [6.45, 7) is 1.04. The molecule has 0 amide bonds. The van der Waals surface area contributed by atoms with Gasteiger partial charge in [0.2, 0.25) is 5.67 Å². The lowest BCUT2D eigenvalue weighted by molar-refractivity contribution is -0.150. The summed E-state index contributed by atoms with van der Waals surface area (Å²) in [5.74, 6) is -0.785. The number of aliphatic carboxylic acids is 1. The summed E-state index contributed by atoms with van der Waals surface area (Å²) in [5.41, 5.74) is -2.25. The van der Waals surface area contributed by atoms with Gasteiger partial charge in [0.25, 0.3) is 0 Å². The van der Waals surface area contributed by atoms with E-state index in [-0.39, 0.29) is 5.56 Å². The first-order chi connectivity index (χ1) is 8.45. The van der Waals surface area contributed by atoms with Crippen molar-refractivity contribution in [1.82, 2.24) is 0 Å². The zero-order valence-electron chi connectivity index (χ0n) is 10.1. The van der Waals surface area contributed by atoms with Gasteiger partial charge in [0.1, 0.15) is 5.75 Å². The second-order valence-corrected chi connectivity index (χ2v) is 4.24. The molecule has 1 atom stereocenters. The molecule has 0 unspecified atom stereocenters.